The lowest BCUT2D eigenvalue weighted by molar-refractivity contribution is 0.243. The molecule has 1 saturated heterocycles. The summed E-state index contributed by atoms with van der Waals surface area (Å²) in [5.74, 6) is 1.50. The van der Waals surface area contributed by atoms with E-state index in [1.54, 1.807) is 17.0 Å². The molecule has 0 unspecified atom stereocenters. The van der Waals surface area contributed by atoms with E-state index in [9.17, 15) is 9.59 Å². The Labute approximate surface area is 146 Å². The van der Waals surface area contributed by atoms with Crippen LogP contribution in [0.3, 0.4) is 0 Å². The number of nitrogens with one attached hydrogen (secondary N) is 3. The number of rotatable bonds is 4. The molecular weight excluding hydrogens is 320 g/mol. The number of amides is 4. The average Bonchev–Trinajstić information content (AvgIpc) is 3.02. The van der Waals surface area contributed by atoms with Crippen molar-refractivity contribution in [3.63, 3.8) is 0 Å². The fourth-order valence-corrected chi connectivity index (χ4v) is 2.75. The second-order valence-corrected chi connectivity index (χ2v) is 6.06. The summed E-state index contributed by atoms with van der Waals surface area (Å²) in [6.07, 6.45) is 0.893. The second-order valence-electron chi connectivity index (χ2n) is 6.06. The first-order chi connectivity index (χ1) is 12.0. The number of carbonyl (C=O) groups excluding carboxylic acids is 2. The van der Waals surface area contributed by atoms with Crippen LogP contribution in [-0.4, -0.2) is 25.2 Å². The van der Waals surface area contributed by atoms with Gasteiger partial charge in [0.1, 0.15) is 11.5 Å². The van der Waals surface area contributed by atoms with Crippen molar-refractivity contribution in [3.8, 4) is 0 Å². The van der Waals surface area contributed by atoms with Gasteiger partial charge in [-0.25, -0.2) is 9.59 Å². The molecule has 0 saturated carbocycles. The summed E-state index contributed by atoms with van der Waals surface area (Å²) in [5.41, 5.74) is 1.38. The molecule has 2 heterocycles. The molecule has 0 spiro atoms. The van der Waals surface area contributed by atoms with Gasteiger partial charge >= 0.3 is 12.1 Å². The van der Waals surface area contributed by atoms with Crippen LogP contribution in [0.2, 0.25) is 0 Å². The van der Waals surface area contributed by atoms with Gasteiger partial charge in [0.2, 0.25) is 0 Å². The summed E-state index contributed by atoms with van der Waals surface area (Å²) >= 11 is 0. The highest BCUT2D eigenvalue weighted by atomic mass is 16.3. The van der Waals surface area contributed by atoms with Gasteiger partial charge in [-0.05, 0) is 50.6 Å². The predicted octanol–water partition coefficient (Wildman–Crippen LogP) is 3.39. The Morgan fingerprint density at radius 3 is 2.88 bits per heavy atom. The number of carbonyl (C=O) groups is 2. The fraction of sp³-hybridized carbons (Fsp3) is 0.333. The van der Waals surface area contributed by atoms with Crippen LogP contribution in [-0.2, 0) is 0 Å². The van der Waals surface area contributed by atoms with E-state index in [1.807, 2.05) is 38.1 Å². The van der Waals surface area contributed by atoms with Crippen LogP contribution < -0.4 is 20.9 Å². The molecule has 1 aliphatic heterocycles. The molecule has 1 fully saturated rings. The molecule has 1 aliphatic rings. The zero-order valence-corrected chi connectivity index (χ0v) is 14.3. The zero-order valence-electron chi connectivity index (χ0n) is 14.3. The Morgan fingerprint density at radius 2 is 2.16 bits per heavy atom. The first-order valence-corrected chi connectivity index (χ1v) is 8.32. The number of aryl methyl sites for hydroxylation is 1. The van der Waals surface area contributed by atoms with Crippen molar-refractivity contribution < 1.29 is 14.0 Å². The first kappa shape index (κ1) is 16.9. The average molecular weight is 342 g/mol. The van der Waals surface area contributed by atoms with Crippen LogP contribution >= 0.6 is 0 Å². The number of urea groups is 2. The van der Waals surface area contributed by atoms with E-state index in [0.29, 0.717) is 24.5 Å². The van der Waals surface area contributed by atoms with Crippen LogP contribution in [0.1, 0.15) is 30.9 Å². The van der Waals surface area contributed by atoms with E-state index >= 15 is 0 Å². The lowest BCUT2D eigenvalue weighted by atomic mass is 10.2. The Bertz CT molecular complexity index is 771. The zero-order chi connectivity index (χ0) is 17.8. The highest BCUT2D eigenvalue weighted by Crippen LogP contribution is 2.21. The van der Waals surface area contributed by atoms with Crippen molar-refractivity contribution in [3.05, 3.63) is 47.9 Å². The maximum absolute atomic E-state index is 12.2. The smallest absolute Gasteiger partial charge is 0.321 e. The third-order valence-electron chi connectivity index (χ3n) is 4.03. The van der Waals surface area contributed by atoms with Gasteiger partial charge in [-0.15, -0.1) is 0 Å². The summed E-state index contributed by atoms with van der Waals surface area (Å²) in [5, 5.41) is 8.44. The maximum atomic E-state index is 12.2. The standard InChI is InChI=1S/C18H22N4O3/c1-12-7-8-16(25-12)13(2)20-17(23)21-14-5-3-6-15(11-14)22-10-4-9-19-18(22)24/h3,5-8,11,13H,4,9-10H2,1-2H3,(H,19,24)(H2,20,21,23)/t13-/m0/s1. The molecule has 3 rings (SSSR count). The number of nitrogens with zero attached hydrogens (tertiary/aromatic N) is 1. The largest absolute Gasteiger partial charge is 0.464 e. The molecule has 7 nitrogen and oxygen atoms in total. The van der Waals surface area contributed by atoms with Gasteiger partial charge in [-0.2, -0.15) is 0 Å². The molecule has 0 radical (unpaired) electrons. The van der Waals surface area contributed by atoms with E-state index in [2.05, 4.69) is 16.0 Å². The summed E-state index contributed by atoms with van der Waals surface area (Å²) in [7, 11) is 0. The van der Waals surface area contributed by atoms with E-state index < -0.39 is 0 Å². The highest BCUT2D eigenvalue weighted by molar-refractivity contribution is 5.94. The van der Waals surface area contributed by atoms with Gasteiger partial charge in [-0.1, -0.05) is 6.07 Å². The molecule has 0 aliphatic carbocycles. The van der Waals surface area contributed by atoms with Gasteiger partial charge in [0, 0.05) is 24.5 Å². The number of hydrogen-bond acceptors (Lipinski definition) is 3. The van der Waals surface area contributed by atoms with Gasteiger partial charge in [0.15, 0.2) is 0 Å². The number of furan rings is 1. The number of anilines is 2. The van der Waals surface area contributed by atoms with Gasteiger partial charge in [0.25, 0.3) is 0 Å². The molecule has 25 heavy (non-hydrogen) atoms. The SMILES string of the molecule is Cc1ccc([C@H](C)NC(=O)Nc2cccc(N3CCCNC3=O)c2)o1. The topological polar surface area (TPSA) is 86.6 Å². The first-order valence-electron chi connectivity index (χ1n) is 8.32. The Hall–Kier alpha value is -2.96. The predicted molar refractivity (Wildman–Crippen MR) is 95.8 cm³/mol. The number of hydrogen-bond donors (Lipinski definition) is 3. The van der Waals surface area contributed by atoms with Crippen LogP contribution in [0.15, 0.2) is 40.8 Å². The van der Waals surface area contributed by atoms with Crippen LogP contribution in [0.4, 0.5) is 21.0 Å². The summed E-state index contributed by atoms with van der Waals surface area (Å²) in [4.78, 5) is 25.8. The molecular formula is C18H22N4O3. The van der Waals surface area contributed by atoms with Crippen molar-refractivity contribution in [1.29, 1.82) is 0 Å². The highest BCUT2D eigenvalue weighted by Gasteiger charge is 2.19. The molecule has 4 amide bonds. The molecule has 132 valence electrons. The normalized spacial score (nSPS) is 15.4. The van der Waals surface area contributed by atoms with E-state index in [4.69, 9.17) is 4.42 Å². The Balaban J connectivity index is 1.63. The molecule has 0 bridgehead atoms. The Morgan fingerprint density at radius 1 is 1.32 bits per heavy atom. The van der Waals surface area contributed by atoms with Crippen LogP contribution in [0.5, 0.6) is 0 Å². The second kappa shape index (κ2) is 7.29. The van der Waals surface area contributed by atoms with Crippen molar-refractivity contribution in [2.75, 3.05) is 23.3 Å². The molecule has 2 aromatic rings. The van der Waals surface area contributed by atoms with Crippen molar-refractivity contribution in [2.24, 2.45) is 0 Å². The summed E-state index contributed by atoms with van der Waals surface area (Å²) < 4.78 is 5.51. The third kappa shape index (κ3) is 4.12. The lowest BCUT2D eigenvalue weighted by Crippen LogP contribution is -2.46. The molecule has 1 aromatic carbocycles. The maximum Gasteiger partial charge on any atom is 0.321 e. The lowest BCUT2D eigenvalue weighted by Gasteiger charge is -2.27. The summed E-state index contributed by atoms with van der Waals surface area (Å²) in [6, 6.07) is 10.2. The number of benzene rings is 1. The molecule has 1 atom stereocenters. The summed E-state index contributed by atoms with van der Waals surface area (Å²) in [6.45, 7) is 5.07. The Kier molecular flexibility index (Phi) is 4.92. The van der Waals surface area contributed by atoms with Crippen LogP contribution in [0.25, 0.3) is 0 Å². The fourth-order valence-electron chi connectivity index (χ4n) is 2.75. The quantitative estimate of drug-likeness (QED) is 0.796. The monoisotopic (exact) mass is 342 g/mol. The third-order valence-corrected chi connectivity index (χ3v) is 4.03. The molecule has 7 heteroatoms. The van der Waals surface area contributed by atoms with E-state index in [1.165, 1.54) is 0 Å². The van der Waals surface area contributed by atoms with Gasteiger partial charge in [0.05, 0.1) is 6.04 Å². The van der Waals surface area contributed by atoms with Crippen molar-refractivity contribution in [1.82, 2.24) is 10.6 Å². The van der Waals surface area contributed by atoms with Gasteiger partial charge < -0.3 is 20.4 Å². The van der Waals surface area contributed by atoms with E-state index in [-0.39, 0.29) is 18.1 Å². The van der Waals surface area contributed by atoms with Crippen LogP contribution in [0, 0.1) is 6.92 Å². The van der Waals surface area contributed by atoms with E-state index in [0.717, 1.165) is 17.9 Å². The minimum Gasteiger partial charge on any atom is -0.464 e. The van der Waals surface area contributed by atoms with Gasteiger partial charge in [-0.3, -0.25) is 4.90 Å². The van der Waals surface area contributed by atoms with Crippen molar-refractivity contribution in [2.45, 2.75) is 26.3 Å². The minimum atomic E-state index is -0.332. The minimum absolute atomic E-state index is 0.116. The van der Waals surface area contributed by atoms with Crippen molar-refractivity contribution >= 4 is 23.4 Å². The molecule has 3 N–H and O–H groups in total. The molecule has 1 aromatic heterocycles.